The van der Waals surface area contributed by atoms with Crippen LogP contribution in [-0.4, -0.2) is 25.1 Å². The van der Waals surface area contributed by atoms with Crippen molar-refractivity contribution >= 4 is 17.7 Å². The van der Waals surface area contributed by atoms with Gasteiger partial charge in [0.1, 0.15) is 17.2 Å². The third-order valence-electron chi connectivity index (χ3n) is 3.34. The predicted octanol–water partition coefficient (Wildman–Crippen LogP) is 3.06. The molecule has 0 aliphatic carbocycles. The molecule has 0 unspecified atom stereocenters. The summed E-state index contributed by atoms with van der Waals surface area (Å²) >= 11 is 0. The Hall–Kier alpha value is -3.23. The molecule has 6 nitrogen and oxygen atoms in total. The molecule has 0 aliphatic rings. The van der Waals surface area contributed by atoms with Crippen LogP contribution in [-0.2, 0) is 11.0 Å². The van der Waals surface area contributed by atoms with E-state index in [1.54, 1.807) is 18.2 Å². The van der Waals surface area contributed by atoms with Crippen molar-refractivity contribution in [3.63, 3.8) is 0 Å². The lowest BCUT2D eigenvalue weighted by Crippen LogP contribution is -2.20. The Bertz CT molecular complexity index is 888. The van der Waals surface area contributed by atoms with Gasteiger partial charge in [0.25, 0.3) is 5.56 Å². The number of ether oxygens (including phenoxy) is 2. The average molecular weight is 368 g/mol. The molecule has 2 N–H and O–H groups in total. The van der Waals surface area contributed by atoms with Crippen molar-refractivity contribution in [2.24, 2.45) is 0 Å². The summed E-state index contributed by atoms with van der Waals surface area (Å²) in [6.45, 7) is 0. The number of anilines is 1. The summed E-state index contributed by atoms with van der Waals surface area (Å²) in [7, 11) is 2.93. The van der Waals surface area contributed by atoms with E-state index in [-0.39, 0.29) is 0 Å². The maximum absolute atomic E-state index is 12.7. The number of carbonyl (C=O) groups is 1. The molecule has 0 saturated heterocycles. The molecule has 0 aliphatic heterocycles. The van der Waals surface area contributed by atoms with Gasteiger partial charge in [-0.3, -0.25) is 9.59 Å². The second kappa shape index (κ2) is 7.77. The summed E-state index contributed by atoms with van der Waals surface area (Å²) < 4.78 is 48.3. The Labute approximate surface area is 146 Å². The van der Waals surface area contributed by atoms with Gasteiger partial charge in [0.15, 0.2) is 0 Å². The normalized spacial score (nSPS) is 11.4. The minimum Gasteiger partial charge on any atom is -0.497 e. The van der Waals surface area contributed by atoms with Crippen molar-refractivity contribution < 1.29 is 27.4 Å². The number of hydrogen-bond acceptors (Lipinski definition) is 4. The molecule has 2 aromatic rings. The van der Waals surface area contributed by atoms with Crippen LogP contribution in [0.2, 0.25) is 0 Å². The third-order valence-corrected chi connectivity index (χ3v) is 3.34. The molecule has 0 saturated carbocycles. The number of methoxy groups -OCH3 is 2. The number of rotatable bonds is 5. The van der Waals surface area contributed by atoms with Crippen LogP contribution in [0.25, 0.3) is 6.08 Å². The van der Waals surface area contributed by atoms with Crippen LogP contribution in [0.4, 0.5) is 18.9 Å². The van der Waals surface area contributed by atoms with Crippen LogP contribution in [0.5, 0.6) is 11.5 Å². The first kappa shape index (κ1) is 19.1. The second-order valence-electron chi connectivity index (χ2n) is 5.06. The Morgan fingerprint density at radius 3 is 2.54 bits per heavy atom. The van der Waals surface area contributed by atoms with E-state index in [0.29, 0.717) is 29.3 Å². The zero-order chi connectivity index (χ0) is 19.3. The molecule has 0 bridgehead atoms. The van der Waals surface area contributed by atoms with E-state index in [1.807, 2.05) is 4.98 Å². The first-order chi connectivity index (χ1) is 12.2. The molecule has 26 heavy (non-hydrogen) atoms. The molecular weight excluding hydrogens is 353 g/mol. The van der Waals surface area contributed by atoms with Gasteiger partial charge in [-0.1, -0.05) is 0 Å². The standard InChI is InChI=1S/C17H15F3N2O4/c1-25-12-5-3-10(14(8-12)26-2)4-6-15(23)22-13-7-11(17(18,19)20)9-21-16(13)24/h3-9H,1-2H3,(H,21,24)(H,22,23)/b6-4+. The fraction of sp³-hybridized carbons (Fsp3) is 0.176. The van der Waals surface area contributed by atoms with E-state index in [2.05, 4.69) is 5.32 Å². The molecule has 1 aromatic carbocycles. The fourth-order valence-corrected chi connectivity index (χ4v) is 2.04. The van der Waals surface area contributed by atoms with Crippen LogP contribution in [0.15, 0.2) is 41.3 Å². The number of aromatic amines is 1. The minimum atomic E-state index is -4.64. The summed E-state index contributed by atoms with van der Waals surface area (Å²) in [5, 5.41) is 2.12. The highest BCUT2D eigenvalue weighted by molar-refractivity contribution is 6.02. The maximum atomic E-state index is 12.7. The van der Waals surface area contributed by atoms with Crippen LogP contribution in [0.3, 0.4) is 0 Å². The SMILES string of the molecule is COc1ccc(/C=C/C(=O)Nc2cc(C(F)(F)F)c[nH]c2=O)c(OC)c1. The first-order valence-corrected chi connectivity index (χ1v) is 7.25. The zero-order valence-electron chi connectivity index (χ0n) is 13.8. The summed E-state index contributed by atoms with van der Waals surface area (Å²) in [6.07, 6.45) is -1.63. The van der Waals surface area contributed by atoms with Crippen LogP contribution >= 0.6 is 0 Å². The van der Waals surface area contributed by atoms with Crippen molar-refractivity contribution in [1.29, 1.82) is 0 Å². The number of H-pyrrole nitrogens is 1. The number of alkyl halides is 3. The Balaban J connectivity index is 2.19. The predicted molar refractivity (Wildman–Crippen MR) is 89.3 cm³/mol. The van der Waals surface area contributed by atoms with E-state index >= 15 is 0 Å². The molecule has 2 rings (SSSR count). The zero-order valence-corrected chi connectivity index (χ0v) is 13.8. The van der Waals surface area contributed by atoms with Gasteiger partial charge >= 0.3 is 6.18 Å². The van der Waals surface area contributed by atoms with Crippen molar-refractivity contribution in [3.8, 4) is 11.5 Å². The Morgan fingerprint density at radius 1 is 1.19 bits per heavy atom. The van der Waals surface area contributed by atoms with Crippen molar-refractivity contribution in [3.05, 3.63) is 58.0 Å². The highest BCUT2D eigenvalue weighted by Crippen LogP contribution is 2.29. The van der Waals surface area contributed by atoms with Gasteiger partial charge < -0.3 is 19.8 Å². The van der Waals surface area contributed by atoms with E-state index in [4.69, 9.17) is 9.47 Å². The van der Waals surface area contributed by atoms with E-state index in [0.717, 1.165) is 6.08 Å². The number of halogens is 3. The molecule has 0 radical (unpaired) electrons. The molecule has 0 atom stereocenters. The van der Waals surface area contributed by atoms with Gasteiger partial charge in [0.2, 0.25) is 5.91 Å². The lowest BCUT2D eigenvalue weighted by Gasteiger charge is -2.08. The number of carbonyl (C=O) groups excluding carboxylic acids is 1. The van der Waals surface area contributed by atoms with Gasteiger partial charge in [0, 0.05) is 23.9 Å². The van der Waals surface area contributed by atoms with Crippen molar-refractivity contribution in [2.45, 2.75) is 6.18 Å². The largest absolute Gasteiger partial charge is 0.497 e. The van der Waals surface area contributed by atoms with E-state index in [1.165, 1.54) is 20.3 Å². The molecular formula is C17H15F3N2O4. The summed E-state index contributed by atoms with van der Waals surface area (Å²) in [4.78, 5) is 25.4. The lowest BCUT2D eigenvalue weighted by molar-refractivity contribution is -0.137. The highest BCUT2D eigenvalue weighted by Gasteiger charge is 2.31. The topological polar surface area (TPSA) is 80.4 Å². The average Bonchev–Trinajstić information content (AvgIpc) is 2.60. The second-order valence-corrected chi connectivity index (χ2v) is 5.06. The Kier molecular flexibility index (Phi) is 5.71. The number of nitrogens with one attached hydrogen (secondary N) is 2. The number of pyridine rings is 1. The van der Waals surface area contributed by atoms with Gasteiger partial charge in [-0.05, 0) is 24.3 Å². The van der Waals surface area contributed by atoms with Crippen LogP contribution < -0.4 is 20.3 Å². The van der Waals surface area contributed by atoms with Gasteiger partial charge in [-0.15, -0.1) is 0 Å². The highest BCUT2D eigenvalue weighted by atomic mass is 19.4. The molecule has 1 aromatic heterocycles. The van der Waals surface area contributed by atoms with Crippen molar-refractivity contribution in [1.82, 2.24) is 4.98 Å². The molecule has 1 amide bonds. The van der Waals surface area contributed by atoms with Crippen molar-refractivity contribution in [2.75, 3.05) is 19.5 Å². The molecule has 0 spiro atoms. The summed E-state index contributed by atoms with van der Waals surface area (Å²) in [5.74, 6) is 0.219. The number of benzene rings is 1. The summed E-state index contributed by atoms with van der Waals surface area (Å²) in [5.41, 5.74) is -1.88. The maximum Gasteiger partial charge on any atom is 0.417 e. The van der Waals surface area contributed by atoms with Gasteiger partial charge in [0.05, 0.1) is 19.8 Å². The molecule has 9 heteroatoms. The molecule has 0 fully saturated rings. The first-order valence-electron chi connectivity index (χ1n) is 7.25. The van der Waals surface area contributed by atoms with Crippen LogP contribution in [0, 0.1) is 0 Å². The van der Waals surface area contributed by atoms with E-state index in [9.17, 15) is 22.8 Å². The van der Waals surface area contributed by atoms with Crippen LogP contribution in [0.1, 0.15) is 11.1 Å². The quantitative estimate of drug-likeness (QED) is 0.795. The fourth-order valence-electron chi connectivity index (χ4n) is 2.04. The summed E-state index contributed by atoms with van der Waals surface area (Å²) in [6, 6.07) is 5.46. The minimum absolute atomic E-state index is 0.435. The Morgan fingerprint density at radius 2 is 1.92 bits per heavy atom. The number of aromatic nitrogens is 1. The van der Waals surface area contributed by atoms with E-state index < -0.39 is 28.9 Å². The third kappa shape index (κ3) is 4.65. The number of amides is 1. The number of hydrogen-bond donors (Lipinski definition) is 2. The smallest absolute Gasteiger partial charge is 0.417 e. The van der Waals surface area contributed by atoms with Gasteiger partial charge in [-0.25, -0.2) is 0 Å². The monoisotopic (exact) mass is 368 g/mol. The lowest BCUT2D eigenvalue weighted by atomic mass is 10.1. The molecule has 1 heterocycles. The van der Waals surface area contributed by atoms with Gasteiger partial charge in [-0.2, -0.15) is 13.2 Å². The molecule has 138 valence electrons.